The van der Waals surface area contributed by atoms with Crippen LogP contribution < -0.4 is 5.32 Å². The molecule has 0 unspecified atom stereocenters. The third-order valence-corrected chi connectivity index (χ3v) is 6.23. The molecule has 1 saturated heterocycles. The summed E-state index contributed by atoms with van der Waals surface area (Å²) in [4.78, 5) is 41.3. The minimum atomic E-state index is -1.41. The van der Waals surface area contributed by atoms with Crippen LogP contribution in [0, 0.1) is 29.6 Å². The maximum absolute atomic E-state index is 11.7. The molecule has 0 saturated carbocycles. The number of amidine groups is 1. The van der Waals surface area contributed by atoms with Crippen LogP contribution in [0.4, 0.5) is 4.79 Å². The fourth-order valence-electron chi connectivity index (χ4n) is 3.82. The van der Waals surface area contributed by atoms with Crippen LogP contribution in [0.3, 0.4) is 0 Å². The number of rotatable bonds is 7. The van der Waals surface area contributed by atoms with Crippen molar-refractivity contribution in [1.29, 1.82) is 5.26 Å². The standard InChI is InChI=1S/C24H22N4O5S/c1-2-7-26-22-20(34-24(33)27-22)11-15-5-8-28(9-6-15)14-16-3-4-17(13-25)18(10-16)19(23(31)32)12-21(29)30/h1,3-4,10-12,15H,5-9,14H2,(H,29,30)(H,31,32)(H,26,27,33)/b19-12-,20-11-. The van der Waals surface area contributed by atoms with Crippen molar-refractivity contribution in [3.8, 4) is 18.4 Å². The molecule has 1 aromatic carbocycles. The number of terminal acetylenes is 1. The molecular weight excluding hydrogens is 456 g/mol. The van der Waals surface area contributed by atoms with Crippen LogP contribution in [0.1, 0.15) is 29.5 Å². The van der Waals surface area contributed by atoms with Gasteiger partial charge in [-0.2, -0.15) is 10.3 Å². The summed E-state index contributed by atoms with van der Waals surface area (Å²) in [5.74, 6) is 0.454. The first kappa shape index (κ1) is 24.8. The highest BCUT2D eigenvalue weighted by atomic mass is 32.2. The number of thioether (sulfide) groups is 1. The number of piperidine rings is 1. The van der Waals surface area contributed by atoms with Gasteiger partial charge in [0.15, 0.2) is 0 Å². The van der Waals surface area contributed by atoms with Gasteiger partial charge in [-0.1, -0.05) is 18.1 Å². The molecule has 0 spiro atoms. The van der Waals surface area contributed by atoms with E-state index in [9.17, 15) is 24.8 Å². The number of carbonyl (C=O) groups excluding carboxylic acids is 1. The molecule has 10 heteroatoms. The number of aliphatic imine (C=N–C) groups is 1. The third-order valence-electron chi connectivity index (χ3n) is 5.41. The monoisotopic (exact) mass is 478 g/mol. The first-order chi connectivity index (χ1) is 16.3. The van der Waals surface area contributed by atoms with Gasteiger partial charge in [0.1, 0.15) is 5.84 Å². The Balaban J connectivity index is 1.68. The Labute approximate surface area is 200 Å². The smallest absolute Gasteiger partial charge is 0.336 e. The van der Waals surface area contributed by atoms with Crippen LogP contribution in [0.15, 0.2) is 40.2 Å². The minimum Gasteiger partial charge on any atom is -0.478 e. The molecule has 0 atom stereocenters. The van der Waals surface area contributed by atoms with Crippen LogP contribution >= 0.6 is 11.8 Å². The highest BCUT2D eigenvalue weighted by molar-refractivity contribution is 8.18. The zero-order chi connectivity index (χ0) is 24.7. The molecule has 9 nitrogen and oxygen atoms in total. The van der Waals surface area contributed by atoms with Gasteiger partial charge in [-0.3, -0.25) is 9.69 Å². The zero-order valence-electron chi connectivity index (χ0n) is 18.2. The number of hydrogen-bond acceptors (Lipinski definition) is 7. The molecule has 2 aliphatic rings. The van der Waals surface area contributed by atoms with E-state index >= 15 is 0 Å². The van der Waals surface area contributed by atoms with E-state index in [-0.39, 0.29) is 22.3 Å². The molecule has 3 N–H and O–H groups in total. The summed E-state index contributed by atoms with van der Waals surface area (Å²) >= 11 is 1.09. The summed E-state index contributed by atoms with van der Waals surface area (Å²) in [5.41, 5.74) is 0.538. The van der Waals surface area contributed by atoms with E-state index < -0.39 is 17.5 Å². The molecule has 2 aliphatic heterocycles. The Hall–Kier alpha value is -3.86. The van der Waals surface area contributed by atoms with Crippen LogP contribution in [0.2, 0.25) is 0 Å². The van der Waals surface area contributed by atoms with Gasteiger partial charge >= 0.3 is 17.2 Å². The Bertz CT molecular complexity index is 1180. The number of nitriles is 1. The molecule has 0 radical (unpaired) electrons. The molecule has 0 bridgehead atoms. The number of carboxylic acid groups (broad SMARTS) is 2. The average molecular weight is 479 g/mol. The fourth-order valence-corrected chi connectivity index (χ4v) is 4.62. The minimum absolute atomic E-state index is 0.0868. The number of nitrogens with zero attached hydrogens (tertiary/aromatic N) is 3. The van der Waals surface area contributed by atoms with E-state index in [1.54, 1.807) is 12.1 Å². The first-order valence-corrected chi connectivity index (χ1v) is 11.3. The molecule has 1 amide bonds. The number of benzene rings is 1. The normalized spacial score (nSPS) is 18.3. The van der Waals surface area contributed by atoms with E-state index in [4.69, 9.17) is 11.5 Å². The van der Waals surface area contributed by atoms with Crippen molar-refractivity contribution in [2.75, 3.05) is 19.6 Å². The van der Waals surface area contributed by atoms with Gasteiger partial charge in [0.25, 0.3) is 0 Å². The van der Waals surface area contributed by atoms with Crippen LogP contribution in [-0.2, 0) is 16.1 Å². The predicted molar refractivity (Wildman–Crippen MR) is 128 cm³/mol. The van der Waals surface area contributed by atoms with Gasteiger partial charge in [0.05, 0.1) is 28.7 Å². The summed E-state index contributed by atoms with van der Waals surface area (Å²) in [7, 11) is 0. The summed E-state index contributed by atoms with van der Waals surface area (Å²) in [6.07, 6.45) is 9.66. The lowest BCUT2D eigenvalue weighted by Gasteiger charge is -2.31. The van der Waals surface area contributed by atoms with E-state index in [0.717, 1.165) is 48.2 Å². The van der Waals surface area contributed by atoms with Gasteiger partial charge in [0, 0.05) is 18.2 Å². The number of likely N-dealkylation sites (tertiary alicyclic amines) is 1. The Morgan fingerprint density at radius 2 is 2.06 bits per heavy atom. The predicted octanol–water partition coefficient (Wildman–Crippen LogP) is 2.69. The Kier molecular flexibility index (Phi) is 8.25. The summed E-state index contributed by atoms with van der Waals surface area (Å²) < 4.78 is 0. The Morgan fingerprint density at radius 3 is 2.68 bits per heavy atom. The van der Waals surface area contributed by atoms with Gasteiger partial charge in [-0.25, -0.2) is 9.59 Å². The third kappa shape index (κ3) is 6.35. The van der Waals surface area contributed by atoms with E-state index in [2.05, 4.69) is 27.2 Å². The number of carbonyl (C=O) groups is 3. The van der Waals surface area contributed by atoms with Crippen molar-refractivity contribution in [2.24, 2.45) is 10.9 Å². The van der Waals surface area contributed by atoms with Crippen molar-refractivity contribution >= 4 is 40.3 Å². The molecule has 34 heavy (non-hydrogen) atoms. The Morgan fingerprint density at radius 1 is 1.32 bits per heavy atom. The lowest BCUT2D eigenvalue weighted by molar-refractivity contribution is -0.133. The van der Waals surface area contributed by atoms with E-state index in [0.29, 0.717) is 25.0 Å². The molecule has 0 aromatic heterocycles. The number of amides is 1. The quantitative estimate of drug-likeness (QED) is 0.398. The van der Waals surface area contributed by atoms with Crippen LogP contribution in [-0.4, -0.2) is 57.8 Å². The van der Waals surface area contributed by atoms with Crippen molar-refractivity contribution in [2.45, 2.75) is 19.4 Å². The summed E-state index contributed by atoms with van der Waals surface area (Å²) in [5, 5.41) is 30.5. The summed E-state index contributed by atoms with van der Waals surface area (Å²) in [6, 6.07) is 6.75. The average Bonchev–Trinajstić information content (AvgIpc) is 3.15. The largest absolute Gasteiger partial charge is 0.478 e. The molecule has 2 heterocycles. The molecule has 0 aliphatic carbocycles. The lowest BCUT2D eigenvalue weighted by atomic mass is 9.94. The second-order valence-corrected chi connectivity index (χ2v) is 8.72. The number of aliphatic carboxylic acids is 2. The lowest BCUT2D eigenvalue weighted by Crippen LogP contribution is -2.33. The van der Waals surface area contributed by atoms with Crippen molar-refractivity contribution in [3.05, 3.63) is 51.9 Å². The fraction of sp³-hybridized carbons (Fsp3) is 0.292. The first-order valence-electron chi connectivity index (χ1n) is 10.4. The molecular formula is C24H22N4O5S. The van der Waals surface area contributed by atoms with Crippen LogP contribution in [0.25, 0.3) is 5.57 Å². The van der Waals surface area contributed by atoms with Gasteiger partial charge in [0.2, 0.25) is 0 Å². The summed E-state index contributed by atoms with van der Waals surface area (Å²) in [6.45, 7) is 2.39. The molecule has 174 valence electrons. The highest BCUT2D eigenvalue weighted by Crippen LogP contribution is 2.31. The zero-order valence-corrected chi connectivity index (χ0v) is 19.0. The second kappa shape index (κ2) is 11.3. The van der Waals surface area contributed by atoms with E-state index in [1.165, 1.54) is 6.07 Å². The molecule has 3 rings (SSSR count). The van der Waals surface area contributed by atoms with Crippen molar-refractivity contribution in [3.63, 3.8) is 0 Å². The van der Waals surface area contributed by atoms with Crippen molar-refractivity contribution < 1.29 is 24.6 Å². The molecule has 1 aromatic rings. The van der Waals surface area contributed by atoms with Crippen LogP contribution in [0.5, 0.6) is 0 Å². The second-order valence-electron chi connectivity index (χ2n) is 7.72. The maximum atomic E-state index is 11.7. The SMILES string of the molecule is C#CCNC1=NC(=O)S/C1=C\C1CCN(Cc2ccc(C#N)c(/C(=C/C(=O)O)C(=O)O)c2)CC1. The number of nitrogens with one attached hydrogen (secondary N) is 1. The van der Waals surface area contributed by atoms with Gasteiger partial charge in [-0.05, 0) is 61.3 Å². The topological polar surface area (TPSA) is 143 Å². The number of hydrogen-bond donors (Lipinski definition) is 3. The molecule has 1 fully saturated rings. The maximum Gasteiger partial charge on any atom is 0.336 e. The van der Waals surface area contributed by atoms with Gasteiger partial charge in [-0.15, -0.1) is 6.42 Å². The number of carboxylic acids is 2. The number of allylic oxidation sites excluding steroid dienone is 1. The van der Waals surface area contributed by atoms with E-state index in [1.807, 2.05) is 6.07 Å². The van der Waals surface area contributed by atoms with Crippen molar-refractivity contribution in [1.82, 2.24) is 10.2 Å². The van der Waals surface area contributed by atoms with Gasteiger partial charge < -0.3 is 15.5 Å². The highest BCUT2D eigenvalue weighted by Gasteiger charge is 2.25.